The smallest absolute Gasteiger partial charge is 0.184 e. The van der Waals surface area contributed by atoms with Crippen molar-refractivity contribution in [2.45, 2.75) is 6.42 Å². The standard InChI is InChI=1S/C6H5O2S2/c7-10(8)6-3-1-5(9)2-4-6/h1-3H,4H2. The van der Waals surface area contributed by atoms with Crippen LogP contribution < -0.4 is 0 Å². The lowest BCUT2D eigenvalue weighted by Crippen LogP contribution is -1.96. The van der Waals surface area contributed by atoms with E-state index in [0.717, 1.165) is 0 Å². The largest absolute Gasteiger partial charge is 0.217 e. The van der Waals surface area contributed by atoms with Crippen LogP contribution in [0.2, 0.25) is 0 Å². The summed E-state index contributed by atoms with van der Waals surface area (Å²) in [6, 6.07) is 0. The van der Waals surface area contributed by atoms with Gasteiger partial charge in [0.1, 0.15) is 0 Å². The van der Waals surface area contributed by atoms with E-state index in [0.29, 0.717) is 16.2 Å². The Bertz CT molecular complexity index is 312. The summed E-state index contributed by atoms with van der Waals surface area (Å²) in [5.74, 6) is 0. The lowest BCUT2D eigenvalue weighted by molar-refractivity contribution is 0.627. The first-order valence-corrected chi connectivity index (χ1v) is 4.19. The Morgan fingerprint density at radius 3 is 2.50 bits per heavy atom. The van der Waals surface area contributed by atoms with Crippen LogP contribution in [0.15, 0.2) is 23.1 Å². The van der Waals surface area contributed by atoms with E-state index in [1.807, 2.05) is 0 Å². The zero-order chi connectivity index (χ0) is 7.56. The Morgan fingerprint density at radius 2 is 2.10 bits per heavy atom. The summed E-state index contributed by atoms with van der Waals surface area (Å²) >= 11 is 4.79. The van der Waals surface area contributed by atoms with Gasteiger partial charge < -0.3 is 0 Å². The molecule has 0 aromatic heterocycles. The van der Waals surface area contributed by atoms with E-state index >= 15 is 0 Å². The second-order valence-corrected chi connectivity index (χ2v) is 3.31. The first-order chi connectivity index (χ1) is 4.70. The zero-order valence-electron chi connectivity index (χ0n) is 5.07. The lowest BCUT2D eigenvalue weighted by Gasteiger charge is -1.97. The van der Waals surface area contributed by atoms with E-state index in [9.17, 15) is 8.42 Å². The van der Waals surface area contributed by atoms with Gasteiger partial charge in [0, 0.05) is 11.3 Å². The third-order valence-corrected chi connectivity index (χ3v) is 2.19. The molecule has 1 aliphatic rings. The molecule has 0 bridgehead atoms. The van der Waals surface area contributed by atoms with Gasteiger partial charge in [-0.05, 0) is 12.2 Å². The molecule has 0 fully saturated rings. The maximum atomic E-state index is 10.3. The maximum Gasteiger partial charge on any atom is 0.217 e. The summed E-state index contributed by atoms with van der Waals surface area (Å²) in [6.07, 6.45) is 5.29. The van der Waals surface area contributed by atoms with Gasteiger partial charge in [-0.25, -0.2) is 0 Å². The summed E-state index contributed by atoms with van der Waals surface area (Å²) in [7, 11) is -2.08. The Morgan fingerprint density at radius 1 is 1.40 bits per heavy atom. The predicted octanol–water partition coefficient (Wildman–Crippen LogP) is 1.08. The summed E-state index contributed by atoms with van der Waals surface area (Å²) in [5.41, 5.74) is 0. The van der Waals surface area contributed by atoms with Gasteiger partial charge >= 0.3 is 0 Å². The van der Waals surface area contributed by atoms with Gasteiger partial charge in [-0.15, -0.1) is 0 Å². The summed E-state index contributed by atoms with van der Waals surface area (Å²) in [5, 5.41) is 0. The fraction of sp³-hybridized carbons (Fsp3) is 0.167. The highest BCUT2D eigenvalue weighted by molar-refractivity contribution is 7.84. The van der Waals surface area contributed by atoms with Crippen molar-refractivity contribution >= 4 is 27.8 Å². The minimum atomic E-state index is -2.08. The molecule has 10 heavy (non-hydrogen) atoms. The monoisotopic (exact) mass is 173 g/mol. The number of hydrogen-bond donors (Lipinski definition) is 0. The molecule has 0 aromatic rings. The molecule has 0 atom stereocenters. The van der Waals surface area contributed by atoms with Crippen LogP contribution in [0.25, 0.3) is 0 Å². The van der Waals surface area contributed by atoms with Crippen molar-refractivity contribution in [3.8, 4) is 0 Å². The molecule has 0 aliphatic heterocycles. The van der Waals surface area contributed by atoms with Crippen LogP contribution in [0.4, 0.5) is 0 Å². The van der Waals surface area contributed by atoms with Crippen LogP contribution in [0.3, 0.4) is 0 Å². The van der Waals surface area contributed by atoms with E-state index in [1.54, 1.807) is 12.2 Å². The van der Waals surface area contributed by atoms with E-state index in [1.165, 1.54) is 6.08 Å². The van der Waals surface area contributed by atoms with Crippen molar-refractivity contribution in [3.63, 3.8) is 0 Å². The summed E-state index contributed by atoms with van der Waals surface area (Å²) < 4.78 is 20.6. The Hall–Kier alpha value is -0.610. The lowest BCUT2D eigenvalue weighted by atomic mass is 10.2. The summed E-state index contributed by atoms with van der Waals surface area (Å²) in [6.45, 7) is 0. The minimum absolute atomic E-state index is 0.397. The highest BCUT2D eigenvalue weighted by Crippen LogP contribution is 2.09. The van der Waals surface area contributed by atoms with Gasteiger partial charge in [0.15, 0.2) is 0 Å². The second kappa shape index (κ2) is 2.98. The van der Waals surface area contributed by atoms with Gasteiger partial charge in [0.2, 0.25) is 10.3 Å². The van der Waals surface area contributed by atoms with Crippen LogP contribution in [-0.2, 0) is 10.3 Å². The molecule has 0 amide bonds. The van der Waals surface area contributed by atoms with Gasteiger partial charge in [-0.2, -0.15) is 8.42 Å². The van der Waals surface area contributed by atoms with E-state index in [4.69, 9.17) is 12.6 Å². The fourth-order valence-corrected chi connectivity index (χ4v) is 1.19. The van der Waals surface area contributed by atoms with Crippen molar-refractivity contribution in [2.24, 2.45) is 0 Å². The van der Waals surface area contributed by atoms with Crippen molar-refractivity contribution in [1.82, 2.24) is 0 Å². The molecule has 0 unspecified atom stereocenters. The quantitative estimate of drug-likeness (QED) is 0.514. The van der Waals surface area contributed by atoms with Crippen LogP contribution in [0, 0.1) is 0 Å². The Balaban J connectivity index is 3.01. The Labute approximate surface area is 66.2 Å². The first kappa shape index (κ1) is 7.50. The topological polar surface area (TPSA) is 34.1 Å². The average Bonchev–Trinajstić information content (AvgIpc) is 1.88. The molecule has 1 rings (SSSR count). The molecule has 2 nitrogen and oxygen atoms in total. The molecule has 1 radical (unpaired) electrons. The van der Waals surface area contributed by atoms with Crippen LogP contribution >= 0.6 is 12.6 Å². The SMILES string of the molecule is O=S(=O)=C1C=CC([S])=CC1. The number of hydrogen-bond acceptors (Lipinski definition) is 2. The second-order valence-electron chi connectivity index (χ2n) is 1.84. The van der Waals surface area contributed by atoms with Gasteiger partial charge in [0.05, 0.1) is 4.86 Å². The van der Waals surface area contributed by atoms with Gasteiger partial charge in [0.25, 0.3) is 0 Å². The fourth-order valence-electron chi connectivity index (χ4n) is 0.636. The highest BCUT2D eigenvalue weighted by atomic mass is 32.2. The molecule has 0 spiro atoms. The van der Waals surface area contributed by atoms with Crippen molar-refractivity contribution < 1.29 is 8.42 Å². The highest BCUT2D eigenvalue weighted by Gasteiger charge is 2.00. The summed E-state index contributed by atoms with van der Waals surface area (Å²) in [4.78, 5) is 1.10. The molecular weight excluding hydrogens is 168 g/mol. The van der Waals surface area contributed by atoms with E-state index in [-0.39, 0.29) is 0 Å². The van der Waals surface area contributed by atoms with E-state index < -0.39 is 10.3 Å². The maximum absolute atomic E-state index is 10.3. The zero-order valence-corrected chi connectivity index (χ0v) is 6.71. The minimum Gasteiger partial charge on any atom is -0.184 e. The van der Waals surface area contributed by atoms with Crippen molar-refractivity contribution in [2.75, 3.05) is 0 Å². The van der Waals surface area contributed by atoms with Crippen LogP contribution in [0.1, 0.15) is 6.42 Å². The third kappa shape index (κ3) is 1.68. The van der Waals surface area contributed by atoms with Gasteiger partial charge in [-0.3, -0.25) is 0 Å². The van der Waals surface area contributed by atoms with E-state index in [2.05, 4.69) is 0 Å². The van der Waals surface area contributed by atoms with Crippen molar-refractivity contribution in [3.05, 3.63) is 23.1 Å². The normalized spacial score (nSPS) is 16.8. The first-order valence-electron chi connectivity index (χ1n) is 2.70. The predicted molar refractivity (Wildman–Crippen MR) is 43.4 cm³/mol. The Kier molecular flexibility index (Phi) is 2.24. The molecule has 0 saturated heterocycles. The molecule has 0 saturated carbocycles. The third-order valence-electron chi connectivity index (χ3n) is 1.15. The molecule has 1 aliphatic carbocycles. The molecule has 0 heterocycles. The number of allylic oxidation sites excluding steroid dienone is 3. The molecule has 4 heteroatoms. The number of rotatable bonds is 0. The molecule has 0 N–H and O–H groups in total. The van der Waals surface area contributed by atoms with Gasteiger partial charge in [-0.1, -0.05) is 18.7 Å². The molecular formula is C6H5O2S2. The molecule has 0 aromatic carbocycles. The van der Waals surface area contributed by atoms with Crippen LogP contribution in [-0.4, -0.2) is 13.3 Å². The van der Waals surface area contributed by atoms with Crippen molar-refractivity contribution in [1.29, 1.82) is 0 Å². The molecule has 53 valence electrons. The average molecular weight is 173 g/mol. The van der Waals surface area contributed by atoms with Crippen LogP contribution in [0.5, 0.6) is 0 Å².